The Morgan fingerprint density at radius 3 is 2.67 bits per heavy atom. The summed E-state index contributed by atoms with van der Waals surface area (Å²) in [6, 6.07) is 10.0. The Balaban J connectivity index is 1.69. The molecule has 0 spiro atoms. The normalized spacial score (nSPS) is 17.7. The molecule has 4 rings (SSSR count). The van der Waals surface area contributed by atoms with E-state index in [1.165, 1.54) is 12.1 Å². The van der Waals surface area contributed by atoms with Crippen molar-refractivity contribution in [1.82, 2.24) is 10.9 Å². The van der Waals surface area contributed by atoms with E-state index < -0.39 is 6.10 Å². The first-order chi connectivity index (χ1) is 13.1. The molecule has 2 aliphatic heterocycles. The van der Waals surface area contributed by atoms with Gasteiger partial charge in [0.15, 0.2) is 16.6 Å². The maximum absolute atomic E-state index is 13.7. The van der Waals surface area contributed by atoms with Crippen molar-refractivity contribution in [3.8, 4) is 17.2 Å². The minimum absolute atomic E-state index is 0.0764. The van der Waals surface area contributed by atoms with Crippen molar-refractivity contribution in [3.05, 3.63) is 59.4 Å². The molecule has 0 saturated carbocycles. The molecule has 2 aliphatic rings. The van der Waals surface area contributed by atoms with Gasteiger partial charge in [0.25, 0.3) is 0 Å². The Bertz CT molecular complexity index is 919. The van der Waals surface area contributed by atoms with Gasteiger partial charge in [0.05, 0.1) is 18.9 Å². The first kappa shape index (κ1) is 17.4. The molecule has 0 aromatic heterocycles. The molecule has 0 saturated heterocycles. The number of fused-ring (bicyclic) bond motifs is 2. The SMILES string of the molecule is NC(=S)NNC1=C[C@@H](c2ccc3c(c2)OCCCO3)Oc2ccc(F)cc21. The quantitative estimate of drug-likeness (QED) is 0.552. The third-order valence-electron chi connectivity index (χ3n) is 4.22. The Kier molecular flexibility index (Phi) is 4.72. The molecular formula is C19H18FN3O3S. The highest BCUT2D eigenvalue weighted by molar-refractivity contribution is 7.80. The van der Waals surface area contributed by atoms with Gasteiger partial charge in [-0.05, 0) is 48.6 Å². The molecule has 6 nitrogen and oxygen atoms in total. The molecule has 0 fully saturated rings. The highest BCUT2D eigenvalue weighted by atomic mass is 32.1. The van der Waals surface area contributed by atoms with Gasteiger partial charge in [-0.15, -0.1) is 0 Å². The van der Waals surface area contributed by atoms with E-state index in [-0.39, 0.29) is 10.9 Å². The lowest BCUT2D eigenvalue weighted by atomic mass is 10.0. The minimum Gasteiger partial charge on any atom is -0.490 e. The predicted octanol–water partition coefficient (Wildman–Crippen LogP) is 2.80. The van der Waals surface area contributed by atoms with Gasteiger partial charge in [-0.25, -0.2) is 4.39 Å². The number of benzene rings is 2. The number of rotatable bonds is 3. The Hall–Kier alpha value is -3.00. The molecule has 2 aromatic carbocycles. The van der Waals surface area contributed by atoms with Gasteiger partial charge < -0.3 is 19.9 Å². The van der Waals surface area contributed by atoms with Gasteiger partial charge in [0, 0.05) is 17.5 Å². The van der Waals surface area contributed by atoms with Crippen molar-refractivity contribution in [2.75, 3.05) is 13.2 Å². The summed E-state index contributed by atoms with van der Waals surface area (Å²) in [5.41, 5.74) is 13.1. The van der Waals surface area contributed by atoms with E-state index in [4.69, 9.17) is 32.2 Å². The van der Waals surface area contributed by atoms with Gasteiger partial charge in [-0.2, -0.15) is 0 Å². The average Bonchev–Trinajstić information content (AvgIpc) is 2.90. The van der Waals surface area contributed by atoms with Crippen molar-refractivity contribution in [1.29, 1.82) is 0 Å². The van der Waals surface area contributed by atoms with Crippen molar-refractivity contribution < 1.29 is 18.6 Å². The van der Waals surface area contributed by atoms with E-state index in [0.29, 0.717) is 41.7 Å². The van der Waals surface area contributed by atoms with Crippen LogP contribution < -0.4 is 30.8 Å². The number of hydrazine groups is 1. The molecule has 0 amide bonds. The zero-order chi connectivity index (χ0) is 18.8. The van der Waals surface area contributed by atoms with Gasteiger partial charge in [-0.1, -0.05) is 6.07 Å². The Labute approximate surface area is 161 Å². The van der Waals surface area contributed by atoms with Gasteiger partial charge in [0.1, 0.15) is 17.7 Å². The van der Waals surface area contributed by atoms with Crippen LogP contribution in [0.5, 0.6) is 17.2 Å². The van der Waals surface area contributed by atoms with E-state index in [9.17, 15) is 4.39 Å². The summed E-state index contributed by atoms with van der Waals surface area (Å²) >= 11 is 4.83. The molecule has 2 heterocycles. The molecular weight excluding hydrogens is 369 g/mol. The van der Waals surface area contributed by atoms with Crippen LogP contribution in [0, 0.1) is 5.82 Å². The molecule has 0 radical (unpaired) electrons. The van der Waals surface area contributed by atoms with Gasteiger partial charge >= 0.3 is 0 Å². The number of halogens is 1. The fraction of sp³-hybridized carbons (Fsp3) is 0.211. The summed E-state index contributed by atoms with van der Waals surface area (Å²) < 4.78 is 31.2. The van der Waals surface area contributed by atoms with Crippen LogP contribution in [-0.2, 0) is 0 Å². The highest BCUT2D eigenvalue weighted by Gasteiger charge is 2.24. The second kappa shape index (κ2) is 7.32. The largest absolute Gasteiger partial charge is 0.490 e. The second-order valence-corrected chi connectivity index (χ2v) is 6.57. The standard InChI is InChI=1S/C19H18FN3O3S/c20-12-3-5-15-13(9-12)14(22-23-19(21)27)10-17(26-15)11-2-4-16-18(8-11)25-7-1-6-24-16/h2-5,8-10,17,22H,1,6-7H2,(H3,21,23,27)/t17-/m0/s1. The monoisotopic (exact) mass is 387 g/mol. The summed E-state index contributed by atoms with van der Waals surface area (Å²) in [5, 5.41) is 0.0764. The third-order valence-corrected chi connectivity index (χ3v) is 4.33. The number of nitrogens with one attached hydrogen (secondary N) is 2. The van der Waals surface area contributed by atoms with E-state index in [0.717, 1.165) is 12.0 Å². The zero-order valence-electron chi connectivity index (χ0n) is 14.3. The molecule has 2 aromatic rings. The molecule has 0 aliphatic carbocycles. The lowest BCUT2D eigenvalue weighted by Crippen LogP contribution is -2.40. The third kappa shape index (κ3) is 3.75. The van der Waals surface area contributed by atoms with E-state index in [1.54, 1.807) is 6.07 Å². The van der Waals surface area contributed by atoms with Gasteiger partial charge in [-0.3, -0.25) is 10.9 Å². The van der Waals surface area contributed by atoms with Crippen LogP contribution in [0.3, 0.4) is 0 Å². The fourth-order valence-corrected chi connectivity index (χ4v) is 3.04. The average molecular weight is 387 g/mol. The van der Waals surface area contributed by atoms with Crippen molar-refractivity contribution >= 4 is 23.0 Å². The summed E-state index contributed by atoms with van der Waals surface area (Å²) in [7, 11) is 0. The van der Waals surface area contributed by atoms with Crippen molar-refractivity contribution in [2.45, 2.75) is 12.5 Å². The van der Waals surface area contributed by atoms with Crippen LogP contribution in [0.4, 0.5) is 4.39 Å². The maximum Gasteiger partial charge on any atom is 0.182 e. The summed E-state index contributed by atoms with van der Waals surface area (Å²) in [6.07, 6.45) is 2.25. The molecule has 8 heteroatoms. The smallest absolute Gasteiger partial charge is 0.182 e. The summed E-state index contributed by atoms with van der Waals surface area (Å²) in [5.74, 6) is 1.58. The molecule has 4 N–H and O–H groups in total. The lowest BCUT2D eigenvalue weighted by Gasteiger charge is -2.27. The van der Waals surface area contributed by atoms with Crippen molar-refractivity contribution in [2.24, 2.45) is 5.73 Å². The Morgan fingerprint density at radius 2 is 1.85 bits per heavy atom. The summed E-state index contributed by atoms with van der Waals surface area (Å²) in [4.78, 5) is 0. The first-order valence-corrected chi connectivity index (χ1v) is 8.90. The van der Waals surface area contributed by atoms with E-state index in [1.807, 2.05) is 24.3 Å². The number of nitrogens with two attached hydrogens (primary N) is 1. The van der Waals surface area contributed by atoms with Crippen LogP contribution in [0.25, 0.3) is 5.70 Å². The number of ether oxygens (including phenoxy) is 3. The lowest BCUT2D eigenvalue weighted by molar-refractivity contribution is 0.248. The molecule has 0 bridgehead atoms. The first-order valence-electron chi connectivity index (χ1n) is 8.49. The maximum atomic E-state index is 13.7. The van der Waals surface area contributed by atoms with Crippen LogP contribution in [0.2, 0.25) is 0 Å². The predicted molar refractivity (Wildman–Crippen MR) is 103 cm³/mol. The van der Waals surface area contributed by atoms with Crippen LogP contribution in [0.15, 0.2) is 42.5 Å². The Morgan fingerprint density at radius 1 is 1.07 bits per heavy atom. The number of thiocarbonyl (C=S) groups is 1. The molecule has 1 atom stereocenters. The fourth-order valence-electron chi connectivity index (χ4n) is 2.99. The zero-order valence-corrected chi connectivity index (χ0v) is 15.1. The van der Waals surface area contributed by atoms with Crippen LogP contribution in [-0.4, -0.2) is 18.3 Å². The number of hydrogen-bond donors (Lipinski definition) is 3. The van der Waals surface area contributed by atoms with E-state index in [2.05, 4.69) is 10.9 Å². The second-order valence-electron chi connectivity index (χ2n) is 6.13. The minimum atomic E-state index is -0.407. The van der Waals surface area contributed by atoms with Crippen LogP contribution >= 0.6 is 12.2 Å². The topological polar surface area (TPSA) is 77.8 Å². The van der Waals surface area contributed by atoms with Gasteiger partial charge in [0.2, 0.25) is 0 Å². The molecule has 0 unspecified atom stereocenters. The highest BCUT2D eigenvalue weighted by Crippen LogP contribution is 2.39. The number of hydrogen-bond acceptors (Lipinski definition) is 5. The van der Waals surface area contributed by atoms with Crippen LogP contribution in [0.1, 0.15) is 23.7 Å². The summed E-state index contributed by atoms with van der Waals surface area (Å²) in [6.45, 7) is 1.23. The van der Waals surface area contributed by atoms with Crippen molar-refractivity contribution in [3.63, 3.8) is 0 Å². The molecule has 27 heavy (non-hydrogen) atoms. The van der Waals surface area contributed by atoms with E-state index >= 15 is 0 Å². The molecule has 140 valence electrons.